The Hall–Kier alpha value is -0.800. The van der Waals surface area contributed by atoms with E-state index < -0.39 is 0 Å². The Balaban J connectivity index is 1.69. The maximum atomic E-state index is 13.7. The minimum Gasteiger partial charge on any atom is -0.368 e. The molecule has 0 amide bonds. The summed E-state index contributed by atoms with van der Waals surface area (Å²) in [5, 5.41) is 4.19. The highest BCUT2D eigenvalue weighted by atomic mass is 35.5. The molecule has 1 saturated carbocycles. The highest BCUT2D eigenvalue weighted by molar-refractivity contribution is 6.30. The lowest BCUT2D eigenvalue weighted by molar-refractivity contribution is 0.547. The molecule has 17 heavy (non-hydrogen) atoms. The largest absolute Gasteiger partial charge is 0.368 e. The van der Waals surface area contributed by atoms with Gasteiger partial charge in [-0.15, -0.1) is 0 Å². The summed E-state index contributed by atoms with van der Waals surface area (Å²) in [7, 11) is 0. The number of rotatable bonds is 3. The summed E-state index contributed by atoms with van der Waals surface area (Å²) in [5.41, 5.74) is 0.637. The molecule has 1 N–H and O–H groups in total. The molecule has 1 aromatic carbocycles. The molecule has 1 aliphatic heterocycles. The first-order valence-corrected chi connectivity index (χ1v) is 6.56. The fourth-order valence-corrected chi connectivity index (χ4v) is 2.59. The number of benzene rings is 1. The van der Waals surface area contributed by atoms with Gasteiger partial charge in [0, 0.05) is 30.2 Å². The second kappa shape index (κ2) is 4.46. The van der Waals surface area contributed by atoms with Gasteiger partial charge in [-0.1, -0.05) is 11.6 Å². The van der Waals surface area contributed by atoms with Crippen molar-refractivity contribution in [3.05, 3.63) is 29.0 Å². The smallest absolute Gasteiger partial charge is 0.146 e. The number of anilines is 1. The van der Waals surface area contributed by atoms with Crippen molar-refractivity contribution in [3.63, 3.8) is 0 Å². The van der Waals surface area contributed by atoms with Crippen LogP contribution < -0.4 is 10.2 Å². The lowest BCUT2D eigenvalue weighted by Crippen LogP contribution is -2.34. The van der Waals surface area contributed by atoms with Crippen LogP contribution in [0.5, 0.6) is 0 Å². The van der Waals surface area contributed by atoms with Crippen molar-refractivity contribution < 1.29 is 4.39 Å². The van der Waals surface area contributed by atoms with E-state index in [1.807, 2.05) is 0 Å². The highest BCUT2D eigenvalue weighted by Crippen LogP contribution is 2.28. The molecule has 3 rings (SSSR count). The van der Waals surface area contributed by atoms with Gasteiger partial charge >= 0.3 is 0 Å². The first-order chi connectivity index (χ1) is 8.22. The molecule has 2 aliphatic rings. The van der Waals surface area contributed by atoms with Crippen LogP contribution in [0.3, 0.4) is 0 Å². The standard InChI is InChI=1S/C13H16ClFN2/c14-9-1-4-12(15)13(7-9)17-6-5-11(8-17)16-10-2-3-10/h1,4,7,10-11,16H,2-3,5-6,8H2. The molecule has 1 atom stereocenters. The van der Waals surface area contributed by atoms with Crippen molar-refractivity contribution in [2.75, 3.05) is 18.0 Å². The average molecular weight is 255 g/mol. The average Bonchev–Trinajstić information content (AvgIpc) is 2.99. The van der Waals surface area contributed by atoms with Crippen LogP contribution in [0.4, 0.5) is 10.1 Å². The van der Waals surface area contributed by atoms with Gasteiger partial charge in [0.1, 0.15) is 5.82 Å². The second-order valence-corrected chi connectivity index (χ2v) is 5.40. The molecule has 0 radical (unpaired) electrons. The van der Waals surface area contributed by atoms with Crippen LogP contribution in [0.2, 0.25) is 5.02 Å². The summed E-state index contributed by atoms with van der Waals surface area (Å²) < 4.78 is 13.7. The third kappa shape index (κ3) is 2.55. The molecule has 1 saturated heterocycles. The predicted octanol–water partition coefficient (Wildman–Crippen LogP) is 2.81. The van der Waals surface area contributed by atoms with E-state index >= 15 is 0 Å². The van der Waals surface area contributed by atoms with Gasteiger partial charge in [-0.25, -0.2) is 4.39 Å². The maximum Gasteiger partial charge on any atom is 0.146 e. The van der Waals surface area contributed by atoms with E-state index in [9.17, 15) is 4.39 Å². The minimum atomic E-state index is -0.179. The van der Waals surface area contributed by atoms with Crippen molar-refractivity contribution in [2.24, 2.45) is 0 Å². The summed E-state index contributed by atoms with van der Waals surface area (Å²) in [5.74, 6) is -0.179. The fraction of sp³-hybridized carbons (Fsp3) is 0.538. The van der Waals surface area contributed by atoms with Gasteiger partial charge in [0.25, 0.3) is 0 Å². The van der Waals surface area contributed by atoms with Crippen LogP contribution in [-0.2, 0) is 0 Å². The molecule has 1 unspecified atom stereocenters. The predicted molar refractivity (Wildman–Crippen MR) is 68.2 cm³/mol. The molecular formula is C13H16ClFN2. The lowest BCUT2D eigenvalue weighted by Gasteiger charge is -2.20. The van der Waals surface area contributed by atoms with Gasteiger partial charge in [0.05, 0.1) is 5.69 Å². The van der Waals surface area contributed by atoms with E-state index in [-0.39, 0.29) is 5.82 Å². The Kier molecular flexibility index (Phi) is 2.97. The van der Waals surface area contributed by atoms with Gasteiger partial charge in [-0.05, 0) is 37.5 Å². The van der Waals surface area contributed by atoms with E-state index in [2.05, 4.69) is 10.2 Å². The molecule has 4 heteroatoms. The number of hydrogen-bond donors (Lipinski definition) is 1. The molecule has 1 heterocycles. The summed E-state index contributed by atoms with van der Waals surface area (Å²) >= 11 is 5.92. The van der Waals surface area contributed by atoms with Crippen LogP contribution in [0, 0.1) is 5.82 Å². The highest BCUT2D eigenvalue weighted by Gasteiger charge is 2.30. The summed E-state index contributed by atoms with van der Waals surface area (Å²) in [4.78, 5) is 2.08. The second-order valence-electron chi connectivity index (χ2n) is 4.97. The third-order valence-corrected chi connectivity index (χ3v) is 3.72. The molecule has 0 aromatic heterocycles. The fourth-order valence-electron chi connectivity index (χ4n) is 2.43. The van der Waals surface area contributed by atoms with Crippen molar-refractivity contribution in [3.8, 4) is 0 Å². The van der Waals surface area contributed by atoms with E-state index in [1.54, 1.807) is 12.1 Å². The molecule has 92 valence electrons. The molecule has 1 aliphatic carbocycles. The van der Waals surface area contributed by atoms with Crippen LogP contribution in [0.15, 0.2) is 18.2 Å². The third-order valence-electron chi connectivity index (χ3n) is 3.49. The summed E-state index contributed by atoms with van der Waals surface area (Å²) in [6.07, 6.45) is 3.67. The van der Waals surface area contributed by atoms with Crippen LogP contribution >= 0.6 is 11.6 Å². The number of halogens is 2. The van der Waals surface area contributed by atoms with Gasteiger partial charge in [-0.3, -0.25) is 0 Å². The van der Waals surface area contributed by atoms with E-state index in [1.165, 1.54) is 18.9 Å². The van der Waals surface area contributed by atoms with Crippen molar-refractivity contribution >= 4 is 17.3 Å². The Labute approximate surface area is 106 Å². The van der Waals surface area contributed by atoms with Crippen molar-refractivity contribution in [1.82, 2.24) is 5.32 Å². The number of nitrogens with zero attached hydrogens (tertiary/aromatic N) is 1. The summed E-state index contributed by atoms with van der Waals surface area (Å²) in [6.45, 7) is 1.79. The van der Waals surface area contributed by atoms with E-state index in [0.717, 1.165) is 19.5 Å². The van der Waals surface area contributed by atoms with Crippen molar-refractivity contribution in [1.29, 1.82) is 0 Å². The van der Waals surface area contributed by atoms with Gasteiger partial charge < -0.3 is 10.2 Å². The zero-order valence-corrected chi connectivity index (χ0v) is 10.4. The first-order valence-electron chi connectivity index (χ1n) is 6.18. The number of nitrogens with one attached hydrogen (secondary N) is 1. The van der Waals surface area contributed by atoms with Gasteiger partial charge in [0.2, 0.25) is 0 Å². The van der Waals surface area contributed by atoms with Gasteiger partial charge in [0.15, 0.2) is 0 Å². The Bertz CT molecular complexity index is 420. The molecule has 0 bridgehead atoms. The normalized spacial score (nSPS) is 24.4. The monoisotopic (exact) mass is 254 g/mol. The summed E-state index contributed by atoms with van der Waals surface area (Å²) in [6, 6.07) is 5.97. The van der Waals surface area contributed by atoms with E-state index in [0.29, 0.717) is 22.8 Å². The van der Waals surface area contributed by atoms with Crippen LogP contribution in [0.25, 0.3) is 0 Å². The van der Waals surface area contributed by atoms with E-state index in [4.69, 9.17) is 11.6 Å². The topological polar surface area (TPSA) is 15.3 Å². The zero-order chi connectivity index (χ0) is 11.8. The molecule has 1 aromatic rings. The van der Waals surface area contributed by atoms with Crippen molar-refractivity contribution in [2.45, 2.75) is 31.3 Å². The van der Waals surface area contributed by atoms with Crippen LogP contribution in [-0.4, -0.2) is 25.2 Å². The molecule has 2 fully saturated rings. The Morgan fingerprint density at radius 1 is 1.24 bits per heavy atom. The maximum absolute atomic E-state index is 13.7. The van der Waals surface area contributed by atoms with Crippen LogP contribution in [0.1, 0.15) is 19.3 Å². The molecule has 0 spiro atoms. The lowest BCUT2D eigenvalue weighted by atomic mass is 10.2. The Morgan fingerprint density at radius 2 is 2.06 bits per heavy atom. The minimum absolute atomic E-state index is 0.179. The molecule has 2 nitrogen and oxygen atoms in total. The zero-order valence-electron chi connectivity index (χ0n) is 9.63. The quantitative estimate of drug-likeness (QED) is 0.892. The SMILES string of the molecule is Fc1ccc(Cl)cc1N1CCC(NC2CC2)C1. The molecular weight excluding hydrogens is 239 g/mol. The first kappa shape index (κ1) is 11.3. The van der Waals surface area contributed by atoms with Gasteiger partial charge in [-0.2, -0.15) is 0 Å². The number of hydrogen-bond acceptors (Lipinski definition) is 2. The Morgan fingerprint density at radius 3 is 2.82 bits per heavy atom.